The first-order valence-electron chi connectivity index (χ1n) is 26.7. The molecule has 5 aliphatic rings. The second-order valence-corrected chi connectivity index (χ2v) is 27.5. The summed E-state index contributed by atoms with van der Waals surface area (Å²) in [6.07, 6.45) is 7.02. The molecule has 4 heterocycles. The average Bonchev–Trinajstić information content (AvgIpc) is 3.90. The van der Waals surface area contributed by atoms with Gasteiger partial charge in [-0.3, -0.25) is 0 Å². The van der Waals surface area contributed by atoms with Gasteiger partial charge in [-0.25, -0.2) is 0 Å². The number of hydrogen-bond acceptors (Lipinski definition) is 4. The number of thiophene rings is 1. The normalized spacial score (nSPS) is 20.4. The van der Waals surface area contributed by atoms with Gasteiger partial charge in [0.15, 0.2) is 0 Å². The summed E-state index contributed by atoms with van der Waals surface area (Å²) in [5.41, 5.74) is 22.7. The van der Waals surface area contributed by atoms with Crippen molar-refractivity contribution in [2.45, 2.75) is 154 Å². The number of hydrogen-bond donors (Lipinski definition) is 0. The van der Waals surface area contributed by atoms with E-state index in [0.29, 0.717) is 0 Å². The van der Waals surface area contributed by atoms with Crippen LogP contribution in [0.4, 0.5) is 28.4 Å². The number of benzene rings is 7. The van der Waals surface area contributed by atoms with Crippen molar-refractivity contribution in [3.05, 3.63) is 149 Å². The second-order valence-electron chi connectivity index (χ2n) is 26.4. The van der Waals surface area contributed by atoms with Crippen molar-refractivity contribution in [3.8, 4) is 11.1 Å². The number of anilines is 5. The van der Waals surface area contributed by atoms with E-state index in [1.807, 2.05) is 11.3 Å². The Balaban J connectivity index is 1.18. The molecule has 3 nitrogen and oxygen atoms in total. The molecule has 0 atom stereocenters. The van der Waals surface area contributed by atoms with Crippen LogP contribution >= 0.6 is 11.3 Å². The molecule has 0 spiro atoms. The standard InChI is InChI=1S/C66H67BN2OS/c1-61(2)25-27-63(5,6)47-31-38(21-23-45(47)61)68-53-36-50-49(65(9,10)29-30-66(50,11)12)35-51(53)67-59-44(34-55-58(60(59)68)41-18-13-15-19-54(41)70-55)42-33-43-40-17-14-16-20-56(40)71-57(43)37-52(42)69(67)39-22-24-46-48(32-39)64(7,8)28-26-62(46,3)4/h13-24,31-37H,25-30H2,1-12H3. The zero-order valence-electron chi connectivity index (χ0n) is 44.0. The van der Waals surface area contributed by atoms with Crippen LogP contribution in [0.1, 0.15) is 155 Å². The molecule has 0 amide bonds. The van der Waals surface area contributed by atoms with Gasteiger partial charge < -0.3 is 14.1 Å². The summed E-state index contributed by atoms with van der Waals surface area (Å²) in [6, 6.07) is 45.9. The van der Waals surface area contributed by atoms with Crippen molar-refractivity contribution in [1.29, 1.82) is 0 Å². The van der Waals surface area contributed by atoms with Gasteiger partial charge in [-0.05, 0) is 182 Å². The fourth-order valence-corrected chi connectivity index (χ4v) is 15.6. The van der Waals surface area contributed by atoms with Crippen molar-refractivity contribution in [3.63, 3.8) is 0 Å². The van der Waals surface area contributed by atoms with Gasteiger partial charge in [-0.2, -0.15) is 0 Å². The molecule has 14 rings (SSSR count). The molecule has 0 N–H and O–H groups in total. The minimum absolute atomic E-state index is 0.00964. The van der Waals surface area contributed by atoms with E-state index in [2.05, 4.69) is 208 Å². The first-order chi connectivity index (χ1) is 33.6. The van der Waals surface area contributed by atoms with Crippen molar-refractivity contribution in [2.75, 3.05) is 9.71 Å². The lowest BCUT2D eigenvalue weighted by molar-refractivity contribution is 0.332. The van der Waals surface area contributed by atoms with Gasteiger partial charge in [0.1, 0.15) is 11.2 Å². The highest BCUT2D eigenvalue weighted by Gasteiger charge is 2.50. The molecular weight excluding hydrogens is 880 g/mol. The van der Waals surface area contributed by atoms with Crippen LogP contribution in [-0.4, -0.2) is 6.85 Å². The zero-order chi connectivity index (χ0) is 49.1. The van der Waals surface area contributed by atoms with Crippen molar-refractivity contribution in [1.82, 2.24) is 0 Å². The minimum Gasteiger partial charge on any atom is -0.456 e. The molecule has 3 aliphatic carbocycles. The molecule has 9 aromatic rings. The molecule has 0 radical (unpaired) electrons. The van der Waals surface area contributed by atoms with Crippen LogP contribution in [0, 0.1) is 0 Å². The van der Waals surface area contributed by atoms with Crippen molar-refractivity contribution in [2.24, 2.45) is 0 Å². The highest BCUT2D eigenvalue weighted by atomic mass is 32.1. The van der Waals surface area contributed by atoms with E-state index in [0.717, 1.165) is 30.4 Å². The van der Waals surface area contributed by atoms with Crippen molar-refractivity contribution >= 4 is 99.7 Å². The summed E-state index contributed by atoms with van der Waals surface area (Å²) >= 11 is 1.93. The Morgan fingerprint density at radius 1 is 0.437 bits per heavy atom. The van der Waals surface area contributed by atoms with Gasteiger partial charge in [-0.1, -0.05) is 138 Å². The highest BCUT2D eigenvalue weighted by molar-refractivity contribution is 7.25. The van der Waals surface area contributed by atoms with E-state index in [9.17, 15) is 0 Å². The largest absolute Gasteiger partial charge is 0.456 e. The lowest BCUT2D eigenvalue weighted by Gasteiger charge is -2.49. The third-order valence-corrected chi connectivity index (χ3v) is 20.4. The van der Waals surface area contributed by atoms with Crippen LogP contribution in [-0.2, 0) is 32.5 Å². The maximum absolute atomic E-state index is 7.13. The average molecular weight is 947 g/mol. The van der Waals surface area contributed by atoms with Crippen molar-refractivity contribution < 1.29 is 4.42 Å². The number of rotatable bonds is 2. The van der Waals surface area contributed by atoms with Gasteiger partial charge in [0.25, 0.3) is 0 Å². The lowest BCUT2D eigenvalue weighted by atomic mass is 9.42. The number of furan rings is 1. The van der Waals surface area contributed by atoms with Crippen LogP contribution in [0.25, 0.3) is 53.2 Å². The van der Waals surface area contributed by atoms with Gasteiger partial charge >= 0.3 is 6.85 Å². The predicted molar refractivity (Wildman–Crippen MR) is 306 cm³/mol. The van der Waals surface area contributed by atoms with Gasteiger partial charge in [0, 0.05) is 53.9 Å². The molecule has 0 fully saturated rings. The fourth-order valence-electron chi connectivity index (χ4n) is 14.5. The monoisotopic (exact) mass is 947 g/mol. The smallest absolute Gasteiger partial charge is 0.333 e. The summed E-state index contributed by atoms with van der Waals surface area (Å²) in [4.78, 5) is 5.53. The molecule has 2 aliphatic heterocycles. The maximum Gasteiger partial charge on any atom is 0.333 e. The zero-order valence-corrected chi connectivity index (χ0v) is 44.8. The highest BCUT2D eigenvalue weighted by Crippen LogP contribution is 2.57. The Kier molecular flexibility index (Phi) is 8.69. The second kappa shape index (κ2) is 14.0. The first kappa shape index (κ1) is 44.0. The van der Waals surface area contributed by atoms with Crippen LogP contribution in [0.5, 0.6) is 0 Å². The summed E-state index contributed by atoms with van der Waals surface area (Å²) < 4.78 is 9.79. The molecular formula is C66H67BN2OS. The molecule has 2 aromatic heterocycles. The quantitative estimate of drug-likeness (QED) is 0.161. The third kappa shape index (κ3) is 6.02. The predicted octanol–water partition coefficient (Wildman–Crippen LogP) is 17.7. The van der Waals surface area contributed by atoms with Crippen LogP contribution in [0.3, 0.4) is 0 Å². The van der Waals surface area contributed by atoms with E-state index in [-0.39, 0.29) is 39.3 Å². The van der Waals surface area contributed by atoms with Crippen LogP contribution < -0.4 is 20.6 Å². The number of fused-ring (bicyclic) bond motifs is 14. The summed E-state index contributed by atoms with van der Waals surface area (Å²) in [7, 11) is 0. The Morgan fingerprint density at radius 3 is 1.62 bits per heavy atom. The number of para-hydroxylation sites is 1. The van der Waals surface area contributed by atoms with Gasteiger partial charge in [0.05, 0.1) is 11.1 Å². The molecule has 7 aromatic carbocycles. The Hall–Kier alpha value is -5.78. The van der Waals surface area contributed by atoms with E-state index >= 15 is 0 Å². The third-order valence-electron chi connectivity index (χ3n) is 19.2. The van der Waals surface area contributed by atoms with E-state index in [1.54, 1.807) is 0 Å². The molecule has 0 unspecified atom stereocenters. The van der Waals surface area contributed by atoms with Crippen LogP contribution in [0.15, 0.2) is 120 Å². The molecule has 5 heteroatoms. The lowest BCUT2D eigenvalue weighted by Crippen LogP contribution is -2.62. The maximum atomic E-state index is 7.13. The Bertz CT molecular complexity index is 3820. The molecule has 0 saturated heterocycles. The Labute approximate surface area is 425 Å². The van der Waals surface area contributed by atoms with Crippen LogP contribution in [0.2, 0.25) is 0 Å². The Morgan fingerprint density at radius 2 is 0.972 bits per heavy atom. The summed E-state index contributed by atoms with van der Waals surface area (Å²) in [5.74, 6) is 0. The fraction of sp³-hybridized carbons (Fsp3) is 0.364. The van der Waals surface area contributed by atoms with E-state index in [4.69, 9.17) is 4.42 Å². The first-order valence-corrected chi connectivity index (χ1v) is 27.5. The van der Waals surface area contributed by atoms with Gasteiger partial charge in [0.2, 0.25) is 0 Å². The molecule has 0 saturated carbocycles. The summed E-state index contributed by atoms with van der Waals surface area (Å²) in [5, 5.41) is 5.01. The SMILES string of the molecule is CC1(C)CCC(C)(C)c2cc(N3B4c5cc6c(cc5N(c5ccc7c(c5)C(C)(C)CCC7(C)C)c5c4c(cc4oc7ccccc7c54)-c4cc5c(cc43)sc3ccccc35)C(C)(C)CCC6(C)C)ccc21. The molecule has 71 heavy (non-hydrogen) atoms. The molecule has 0 bridgehead atoms. The van der Waals surface area contributed by atoms with E-state index < -0.39 is 0 Å². The van der Waals surface area contributed by atoms with E-state index in [1.165, 1.54) is 134 Å². The minimum atomic E-state index is -0.124. The summed E-state index contributed by atoms with van der Waals surface area (Å²) in [6.45, 7) is 29.6. The topological polar surface area (TPSA) is 19.6 Å². The molecule has 356 valence electrons. The number of nitrogens with zero attached hydrogens (tertiary/aromatic N) is 2. The van der Waals surface area contributed by atoms with Gasteiger partial charge in [-0.15, -0.1) is 11.3 Å².